The van der Waals surface area contributed by atoms with Crippen LogP contribution in [0.4, 0.5) is 0 Å². The molecule has 0 spiro atoms. The fourth-order valence-electron chi connectivity index (χ4n) is 0.461. The van der Waals surface area contributed by atoms with Crippen LogP contribution in [0.5, 0.6) is 0 Å². The Labute approximate surface area is 58.5 Å². The zero-order chi connectivity index (χ0) is 7.98. The van der Waals surface area contributed by atoms with Crippen LogP contribution in [0, 0.1) is 0 Å². The van der Waals surface area contributed by atoms with Crippen molar-refractivity contribution >= 4 is 12.3 Å². The van der Waals surface area contributed by atoms with Gasteiger partial charge in [0.25, 0.3) is 5.91 Å². The molecule has 0 saturated carbocycles. The topological polar surface area (TPSA) is 81.4 Å². The van der Waals surface area contributed by atoms with Crippen molar-refractivity contribution in [2.45, 2.75) is 6.10 Å². The molecular weight excluding hydrogens is 136 g/mol. The van der Waals surface area contributed by atoms with Gasteiger partial charge >= 0.3 is 0 Å². The molecule has 0 heterocycles. The van der Waals surface area contributed by atoms with E-state index >= 15 is 0 Å². The summed E-state index contributed by atoms with van der Waals surface area (Å²) in [6.45, 7) is 0.0656. The molecule has 1 unspecified atom stereocenters. The molecule has 0 aliphatic heterocycles. The first-order chi connectivity index (χ1) is 4.76. The lowest BCUT2D eigenvalue weighted by Gasteiger charge is -2.08. The molecule has 0 fully saturated rings. The minimum Gasteiger partial charge on any atom is -0.370 e. The minimum absolute atomic E-state index is 0.0656. The van der Waals surface area contributed by atoms with Gasteiger partial charge in [-0.2, -0.15) is 0 Å². The first-order valence-corrected chi connectivity index (χ1v) is 2.73. The van der Waals surface area contributed by atoms with E-state index in [2.05, 4.69) is 4.74 Å². The SMILES string of the molecule is COC(CN)C(=O)NC=O. The zero-order valence-corrected chi connectivity index (χ0v) is 5.66. The molecule has 3 N–H and O–H groups in total. The molecule has 5 heteroatoms. The monoisotopic (exact) mass is 146 g/mol. The molecule has 0 saturated heterocycles. The van der Waals surface area contributed by atoms with Crippen LogP contribution in [0.2, 0.25) is 0 Å². The summed E-state index contributed by atoms with van der Waals surface area (Å²) < 4.78 is 4.62. The second kappa shape index (κ2) is 4.89. The summed E-state index contributed by atoms with van der Waals surface area (Å²) in [5, 5.41) is 1.92. The summed E-state index contributed by atoms with van der Waals surface area (Å²) in [4.78, 5) is 20.4. The quantitative estimate of drug-likeness (QED) is 0.460. The Hall–Kier alpha value is -0.940. The largest absolute Gasteiger partial charge is 0.370 e. The summed E-state index contributed by atoms with van der Waals surface area (Å²) in [5.41, 5.74) is 5.11. The number of hydrogen-bond donors (Lipinski definition) is 2. The fraction of sp³-hybridized carbons (Fsp3) is 0.600. The van der Waals surface area contributed by atoms with Crippen molar-refractivity contribution in [1.29, 1.82) is 0 Å². The number of amides is 2. The molecule has 58 valence electrons. The van der Waals surface area contributed by atoms with E-state index in [1.54, 1.807) is 0 Å². The Morgan fingerprint density at radius 2 is 2.50 bits per heavy atom. The van der Waals surface area contributed by atoms with E-state index in [0.717, 1.165) is 0 Å². The number of rotatable bonds is 4. The van der Waals surface area contributed by atoms with Gasteiger partial charge in [-0.15, -0.1) is 0 Å². The molecule has 0 radical (unpaired) electrons. The van der Waals surface area contributed by atoms with E-state index in [0.29, 0.717) is 6.41 Å². The molecular formula is C5H10N2O3. The van der Waals surface area contributed by atoms with Crippen molar-refractivity contribution < 1.29 is 14.3 Å². The van der Waals surface area contributed by atoms with Crippen LogP contribution in [-0.2, 0) is 14.3 Å². The van der Waals surface area contributed by atoms with E-state index in [-0.39, 0.29) is 6.54 Å². The smallest absolute Gasteiger partial charge is 0.256 e. The van der Waals surface area contributed by atoms with Crippen LogP contribution in [0.1, 0.15) is 0 Å². The highest BCUT2D eigenvalue weighted by Gasteiger charge is 2.13. The summed E-state index contributed by atoms with van der Waals surface area (Å²) in [6, 6.07) is 0. The van der Waals surface area contributed by atoms with E-state index in [1.165, 1.54) is 7.11 Å². The number of methoxy groups -OCH3 is 1. The number of nitrogens with two attached hydrogens (primary N) is 1. The van der Waals surface area contributed by atoms with Crippen LogP contribution in [0.15, 0.2) is 0 Å². The van der Waals surface area contributed by atoms with E-state index in [9.17, 15) is 9.59 Å². The Morgan fingerprint density at radius 1 is 1.90 bits per heavy atom. The second-order valence-corrected chi connectivity index (χ2v) is 1.59. The van der Waals surface area contributed by atoms with Gasteiger partial charge in [0.2, 0.25) is 6.41 Å². The van der Waals surface area contributed by atoms with Gasteiger partial charge < -0.3 is 10.5 Å². The third-order valence-electron chi connectivity index (χ3n) is 0.992. The Morgan fingerprint density at radius 3 is 2.80 bits per heavy atom. The van der Waals surface area contributed by atoms with Gasteiger partial charge in [-0.3, -0.25) is 14.9 Å². The van der Waals surface area contributed by atoms with Crippen molar-refractivity contribution in [1.82, 2.24) is 5.32 Å². The van der Waals surface area contributed by atoms with Gasteiger partial charge in [-0.1, -0.05) is 0 Å². The highest BCUT2D eigenvalue weighted by atomic mass is 16.5. The molecule has 0 aromatic heterocycles. The standard InChI is InChI=1S/C5H10N2O3/c1-10-4(2-6)5(9)7-3-8/h3-4H,2,6H2,1H3,(H,7,8,9). The van der Waals surface area contributed by atoms with Crippen molar-refractivity contribution in [3.8, 4) is 0 Å². The van der Waals surface area contributed by atoms with Gasteiger partial charge in [0.15, 0.2) is 0 Å². The molecule has 0 aromatic carbocycles. The van der Waals surface area contributed by atoms with Crippen molar-refractivity contribution in [3.05, 3.63) is 0 Å². The van der Waals surface area contributed by atoms with Gasteiger partial charge in [0, 0.05) is 13.7 Å². The molecule has 10 heavy (non-hydrogen) atoms. The maximum atomic E-state index is 10.7. The number of carbonyl (C=O) groups excluding carboxylic acids is 2. The van der Waals surface area contributed by atoms with Crippen molar-refractivity contribution in [2.24, 2.45) is 5.73 Å². The average Bonchev–Trinajstić information content (AvgIpc) is 1.91. The minimum atomic E-state index is -0.731. The molecule has 0 bridgehead atoms. The highest BCUT2D eigenvalue weighted by molar-refractivity contribution is 5.89. The lowest BCUT2D eigenvalue weighted by molar-refractivity contribution is -0.133. The predicted octanol–water partition coefficient (Wildman–Crippen LogP) is -1.77. The maximum absolute atomic E-state index is 10.7. The third-order valence-corrected chi connectivity index (χ3v) is 0.992. The molecule has 0 aliphatic carbocycles. The van der Waals surface area contributed by atoms with E-state index < -0.39 is 12.0 Å². The summed E-state index contributed by atoms with van der Waals surface area (Å²) in [5.74, 6) is -0.514. The third kappa shape index (κ3) is 2.56. The lowest BCUT2D eigenvalue weighted by atomic mass is 10.3. The van der Waals surface area contributed by atoms with Gasteiger partial charge in [0.1, 0.15) is 6.10 Å². The number of carbonyl (C=O) groups is 2. The lowest BCUT2D eigenvalue weighted by Crippen LogP contribution is -2.39. The van der Waals surface area contributed by atoms with E-state index in [1.807, 2.05) is 5.32 Å². The van der Waals surface area contributed by atoms with Crippen LogP contribution in [0.3, 0.4) is 0 Å². The molecule has 0 aliphatic rings. The summed E-state index contributed by atoms with van der Waals surface area (Å²) in [6.07, 6.45) is -0.436. The summed E-state index contributed by atoms with van der Waals surface area (Å²) in [7, 11) is 1.35. The Balaban J connectivity index is 3.76. The van der Waals surface area contributed by atoms with Crippen LogP contribution in [-0.4, -0.2) is 32.1 Å². The predicted molar refractivity (Wildman–Crippen MR) is 34.1 cm³/mol. The molecule has 1 atom stereocenters. The van der Waals surface area contributed by atoms with Gasteiger partial charge in [0.05, 0.1) is 0 Å². The van der Waals surface area contributed by atoms with Gasteiger partial charge in [-0.05, 0) is 0 Å². The fourth-order valence-corrected chi connectivity index (χ4v) is 0.461. The second-order valence-electron chi connectivity index (χ2n) is 1.59. The maximum Gasteiger partial charge on any atom is 0.256 e. The van der Waals surface area contributed by atoms with Crippen LogP contribution >= 0.6 is 0 Å². The number of ether oxygens (including phenoxy) is 1. The molecule has 0 aromatic rings. The molecule has 5 nitrogen and oxygen atoms in total. The van der Waals surface area contributed by atoms with Crippen LogP contribution in [0.25, 0.3) is 0 Å². The molecule has 2 amide bonds. The molecule has 0 rings (SSSR count). The Bertz CT molecular complexity index is 122. The van der Waals surface area contributed by atoms with Crippen molar-refractivity contribution in [3.63, 3.8) is 0 Å². The van der Waals surface area contributed by atoms with E-state index in [4.69, 9.17) is 5.73 Å². The number of imide groups is 1. The first kappa shape index (κ1) is 9.06. The normalized spacial score (nSPS) is 12.2. The van der Waals surface area contributed by atoms with Crippen molar-refractivity contribution in [2.75, 3.05) is 13.7 Å². The number of hydrogen-bond acceptors (Lipinski definition) is 4. The Kier molecular flexibility index (Phi) is 4.43. The van der Waals surface area contributed by atoms with Crippen LogP contribution < -0.4 is 11.1 Å². The van der Waals surface area contributed by atoms with Gasteiger partial charge in [-0.25, -0.2) is 0 Å². The number of nitrogens with one attached hydrogen (secondary N) is 1. The summed E-state index contributed by atoms with van der Waals surface area (Å²) >= 11 is 0. The highest BCUT2D eigenvalue weighted by Crippen LogP contribution is 1.84. The first-order valence-electron chi connectivity index (χ1n) is 2.73. The zero-order valence-electron chi connectivity index (χ0n) is 5.66. The average molecular weight is 146 g/mol.